The Morgan fingerprint density at radius 1 is 1.30 bits per heavy atom. The average molecular weight is 402 g/mol. The number of amides is 1. The Morgan fingerprint density at radius 3 is 2.74 bits per heavy atom. The summed E-state index contributed by atoms with van der Waals surface area (Å²) in [6.07, 6.45) is 0. The number of rotatable bonds is 3. The minimum absolute atomic E-state index is 0.130. The van der Waals surface area contributed by atoms with Crippen LogP contribution in [0.4, 0.5) is 5.69 Å². The van der Waals surface area contributed by atoms with Gasteiger partial charge in [0.1, 0.15) is 6.54 Å². The molecule has 0 spiro atoms. The van der Waals surface area contributed by atoms with Crippen LogP contribution in [0.1, 0.15) is 6.92 Å². The van der Waals surface area contributed by atoms with Gasteiger partial charge in [0.2, 0.25) is 0 Å². The fraction of sp³-hybridized carbons (Fsp3) is 0.211. The second-order valence-electron chi connectivity index (χ2n) is 6.20. The molecular weight excluding hydrogens is 386 g/mol. The van der Waals surface area contributed by atoms with Crippen LogP contribution in [0.3, 0.4) is 0 Å². The van der Waals surface area contributed by atoms with Crippen molar-refractivity contribution in [1.29, 1.82) is 0 Å². The predicted molar refractivity (Wildman–Crippen MR) is 109 cm³/mol. The number of hydrogen-bond acceptors (Lipinski definition) is 5. The number of amidine groups is 1. The summed E-state index contributed by atoms with van der Waals surface area (Å²) in [7, 11) is 0. The van der Waals surface area contributed by atoms with E-state index in [1.807, 2.05) is 6.92 Å². The van der Waals surface area contributed by atoms with Crippen molar-refractivity contribution in [3.05, 3.63) is 64.1 Å². The van der Waals surface area contributed by atoms with E-state index >= 15 is 0 Å². The molecule has 27 heavy (non-hydrogen) atoms. The number of aliphatic imine (C=N–C) groups is 1. The van der Waals surface area contributed by atoms with Crippen molar-refractivity contribution >= 4 is 51.2 Å². The van der Waals surface area contributed by atoms with Crippen LogP contribution in [0.5, 0.6) is 0 Å². The minimum Gasteiger partial charge on any atom is -0.408 e. The molecule has 0 radical (unpaired) electrons. The first-order chi connectivity index (χ1) is 13.0. The number of para-hydroxylation sites is 2. The number of halogens is 1. The average Bonchev–Trinajstić information content (AvgIpc) is 3.21. The smallest absolute Gasteiger partial charge is 0.408 e. The van der Waals surface area contributed by atoms with Crippen molar-refractivity contribution in [2.75, 3.05) is 10.7 Å². The molecule has 0 N–H and O–H groups in total. The molecule has 2 aromatic carbocycles. The van der Waals surface area contributed by atoms with Crippen LogP contribution in [-0.4, -0.2) is 27.4 Å². The van der Waals surface area contributed by atoms with Crippen LogP contribution in [0.25, 0.3) is 11.1 Å². The Hall–Kier alpha value is -2.51. The number of carbonyl (C=O) groups excluding carboxylic acids is 1. The van der Waals surface area contributed by atoms with Gasteiger partial charge in [0.05, 0.1) is 17.2 Å². The zero-order valence-electron chi connectivity index (χ0n) is 14.5. The van der Waals surface area contributed by atoms with Gasteiger partial charge < -0.3 is 4.42 Å². The van der Waals surface area contributed by atoms with Gasteiger partial charge in [-0.1, -0.05) is 35.5 Å². The lowest BCUT2D eigenvalue weighted by Crippen LogP contribution is -2.38. The largest absolute Gasteiger partial charge is 0.420 e. The van der Waals surface area contributed by atoms with Gasteiger partial charge in [0.15, 0.2) is 10.8 Å². The van der Waals surface area contributed by atoms with E-state index in [0.29, 0.717) is 27.0 Å². The molecule has 0 aliphatic carbocycles. The third-order valence-corrected chi connectivity index (χ3v) is 5.62. The molecule has 1 aliphatic heterocycles. The number of oxazole rings is 1. The Morgan fingerprint density at radius 2 is 2.04 bits per heavy atom. The first-order valence-corrected chi connectivity index (χ1v) is 9.77. The second-order valence-corrected chi connectivity index (χ2v) is 7.62. The van der Waals surface area contributed by atoms with Gasteiger partial charge in [-0.2, -0.15) is 0 Å². The molecule has 0 fully saturated rings. The fourth-order valence-corrected chi connectivity index (χ4v) is 4.08. The number of benzene rings is 2. The van der Waals surface area contributed by atoms with Gasteiger partial charge in [0.25, 0.3) is 5.91 Å². The van der Waals surface area contributed by atoms with E-state index < -0.39 is 5.76 Å². The quantitative estimate of drug-likeness (QED) is 0.670. The third-order valence-electron chi connectivity index (χ3n) is 4.18. The Kier molecular flexibility index (Phi) is 4.80. The second kappa shape index (κ2) is 7.25. The lowest BCUT2D eigenvalue weighted by molar-refractivity contribution is -0.118. The minimum atomic E-state index is -0.560. The Labute approximate surface area is 164 Å². The Balaban J connectivity index is 1.72. The highest BCUT2D eigenvalue weighted by atomic mass is 35.5. The maximum atomic E-state index is 13.2. The van der Waals surface area contributed by atoms with Crippen LogP contribution in [-0.2, 0) is 11.3 Å². The molecule has 3 aromatic rings. The molecule has 8 heteroatoms. The van der Waals surface area contributed by atoms with Crippen molar-refractivity contribution in [2.24, 2.45) is 4.99 Å². The summed E-state index contributed by atoms with van der Waals surface area (Å²) in [5, 5.41) is 1.20. The van der Waals surface area contributed by atoms with Crippen LogP contribution < -0.4 is 10.7 Å². The lowest BCUT2D eigenvalue weighted by atomic mass is 10.3. The zero-order chi connectivity index (χ0) is 19.0. The van der Waals surface area contributed by atoms with Crippen molar-refractivity contribution in [3.8, 4) is 0 Å². The first-order valence-electron chi connectivity index (χ1n) is 8.40. The van der Waals surface area contributed by atoms with E-state index in [1.165, 1.54) is 16.3 Å². The predicted octanol–water partition coefficient (Wildman–Crippen LogP) is 3.77. The normalized spacial score (nSPS) is 16.5. The van der Waals surface area contributed by atoms with Gasteiger partial charge in [-0.15, -0.1) is 0 Å². The number of hydrogen-bond donors (Lipinski definition) is 0. The first kappa shape index (κ1) is 17.9. The number of thioether (sulfide) groups is 1. The van der Waals surface area contributed by atoms with Gasteiger partial charge in [-0.05, 0) is 43.3 Å². The molecule has 1 aliphatic rings. The van der Waals surface area contributed by atoms with Crippen molar-refractivity contribution < 1.29 is 9.21 Å². The molecule has 1 amide bonds. The third kappa shape index (κ3) is 3.52. The highest BCUT2D eigenvalue weighted by Gasteiger charge is 2.28. The molecule has 0 saturated carbocycles. The molecule has 1 atom stereocenters. The summed E-state index contributed by atoms with van der Waals surface area (Å²) in [4.78, 5) is 31.5. The van der Waals surface area contributed by atoms with Gasteiger partial charge in [0, 0.05) is 10.8 Å². The van der Waals surface area contributed by atoms with E-state index in [9.17, 15) is 9.59 Å². The molecule has 0 saturated heterocycles. The van der Waals surface area contributed by atoms with Crippen LogP contribution in [0, 0.1) is 0 Å². The molecule has 0 bridgehead atoms. The summed E-state index contributed by atoms with van der Waals surface area (Å²) >= 11 is 7.50. The monoisotopic (exact) mass is 401 g/mol. The number of aromatic nitrogens is 1. The fourth-order valence-electron chi connectivity index (χ4n) is 2.90. The number of nitrogens with zero attached hydrogens (tertiary/aromatic N) is 3. The summed E-state index contributed by atoms with van der Waals surface area (Å²) in [6, 6.07) is 14.1. The molecule has 138 valence electrons. The van der Waals surface area contributed by atoms with E-state index in [4.69, 9.17) is 16.0 Å². The summed E-state index contributed by atoms with van der Waals surface area (Å²) in [5.74, 6) is -0.0253. The van der Waals surface area contributed by atoms with Crippen LogP contribution in [0.15, 0.2) is 62.7 Å². The maximum absolute atomic E-state index is 13.2. The summed E-state index contributed by atoms with van der Waals surface area (Å²) in [6.45, 7) is 1.85. The highest BCUT2D eigenvalue weighted by molar-refractivity contribution is 8.14. The molecule has 1 aromatic heterocycles. The van der Waals surface area contributed by atoms with Gasteiger partial charge in [-0.25, -0.2) is 4.79 Å². The van der Waals surface area contributed by atoms with Gasteiger partial charge >= 0.3 is 5.76 Å². The summed E-state index contributed by atoms with van der Waals surface area (Å²) in [5.41, 5.74) is 1.70. The standard InChI is InChI=1S/C19H16ClN3O3S/c1-12-11-27-18(21-12)23(14-8-6-13(20)7-9-14)17(24)10-22-15-4-2-3-5-16(15)26-19(22)25/h2-9,12H,10-11H2,1H3. The van der Waals surface area contributed by atoms with Crippen LogP contribution >= 0.6 is 23.4 Å². The lowest BCUT2D eigenvalue weighted by Gasteiger charge is -2.22. The molecule has 2 heterocycles. The van der Waals surface area contributed by atoms with Crippen molar-refractivity contribution in [2.45, 2.75) is 19.5 Å². The van der Waals surface area contributed by atoms with E-state index in [0.717, 1.165) is 5.75 Å². The van der Waals surface area contributed by atoms with Gasteiger partial charge in [-0.3, -0.25) is 19.3 Å². The van der Waals surface area contributed by atoms with Crippen LogP contribution in [0.2, 0.25) is 5.02 Å². The summed E-state index contributed by atoms with van der Waals surface area (Å²) < 4.78 is 6.56. The Bertz CT molecular complexity index is 1090. The molecule has 1 unspecified atom stereocenters. The molecule has 4 rings (SSSR count). The highest BCUT2D eigenvalue weighted by Crippen LogP contribution is 2.27. The number of carbonyl (C=O) groups is 1. The number of fused-ring (bicyclic) bond motifs is 1. The van der Waals surface area contributed by atoms with E-state index in [1.54, 1.807) is 53.4 Å². The van der Waals surface area contributed by atoms with E-state index in [2.05, 4.69) is 4.99 Å². The SMILES string of the molecule is CC1CSC(N(C(=O)Cn2c(=O)oc3ccccc32)c2ccc(Cl)cc2)=N1. The topological polar surface area (TPSA) is 67.8 Å². The van der Waals surface area contributed by atoms with E-state index in [-0.39, 0.29) is 18.5 Å². The molecular formula is C19H16ClN3O3S. The van der Waals surface area contributed by atoms with Crippen molar-refractivity contribution in [1.82, 2.24) is 4.57 Å². The zero-order valence-corrected chi connectivity index (χ0v) is 16.0. The number of anilines is 1. The maximum Gasteiger partial charge on any atom is 0.420 e. The molecule has 6 nitrogen and oxygen atoms in total. The van der Waals surface area contributed by atoms with Crippen molar-refractivity contribution in [3.63, 3.8) is 0 Å².